The smallest absolute Gasteiger partial charge is 0.0893 e. The summed E-state index contributed by atoms with van der Waals surface area (Å²) in [4.78, 5) is 14.4. The van der Waals surface area contributed by atoms with Crippen molar-refractivity contribution in [1.29, 1.82) is 0 Å². The summed E-state index contributed by atoms with van der Waals surface area (Å²) in [7, 11) is 0. The lowest BCUT2D eigenvalue weighted by Gasteiger charge is -2.14. The topological polar surface area (TPSA) is 38.7 Å². The fourth-order valence-corrected chi connectivity index (χ4v) is 6.38. The Hall–Kier alpha value is -5.67. The highest BCUT2D eigenvalue weighted by Gasteiger charge is 2.13. The van der Waals surface area contributed by atoms with E-state index in [1.54, 1.807) is 6.20 Å². The summed E-state index contributed by atoms with van der Waals surface area (Å²) >= 11 is 0. The van der Waals surface area contributed by atoms with Crippen molar-refractivity contribution >= 4 is 54.1 Å². The molecule has 0 unspecified atom stereocenters. The molecule has 0 spiro atoms. The molecule has 0 saturated heterocycles. The molecule has 0 amide bonds. The average Bonchev–Trinajstić information content (AvgIpc) is 3.06. The largest absolute Gasteiger partial charge is 0.255 e. The Morgan fingerprint density at radius 3 is 1.71 bits per heavy atom. The van der Waals surface area contributed by atoms with E-state index in [4.69, 9.17) is 9.97 Å². The molecule has 3 aromatic heterocycles. The van der Waals surface area contributed by atoms with Crippen molar-refractivity contribution in [2.75, 3.05) is 0 Å². The fourth-order valence-electron chi connectivity index (χ4n) is 6.38. The van der Waals surface area contributed by atoms with Crippen LogP contribution in [-0.2, 0) is 0 Å². The van der Waals surface area contributed by atoms with Gasteiger partial charge in [-0.25, -0.2) is 9.97 Å². The van der Waals surface area contributed by atoms with Gasteiger partial charge in [0.1, 0.15) is 0 Å². The first-order chi connectivity index (χ1) is 20.8. The summed E-state index contributed by atoms with van der Waals surface area (Å²) in [5.41, 5.74) is 8.20. The molecule has 9 aromatic rings. The highest BCUT2D eigenvalue weighted by Crippen LogP contribution is 2.39. The number of rotatable bonds is 3. The van der Waals surface area contributed by atoms with E-state index in [9.17, 15) is 0 Å². The van der Waals surface area contributed by atoms with E-state index < -0.39 is 0 Å². The van der Waals surface area contributed by atoms with E-state index in [-0.39, 0.29) is 0 Å². The molecular formula is C39H23N3. The van der Waals surface area contributed by atoms with Gasteiger partial charge in [0.2, 0.25) is 0 Å². The number of fused-ring (bicyclic) bond motifs is 2. The second kappa shape index (κ2) is 8.92. The Labute approximate surface area is 242 Å². The maximum atomic E-state index is 5.14. The average molecular weight is 534 g/mol. The number of aromatic nitrogens is 3. The molecule has 42 heavy (non-hydrogen) atoms. The standard InChI is InChI=1S/C39H23N3/c1-2-21-40-36(6-1)37-20-14-30-23-28(12-18-34(30)42-37)27-11-17-33-29(22-27)13-19-35(41-33)31-15-9-26-8-7-24-4-3-5-25-10-16-32(31)39(26)38(24)25/h1-23H. The van der Waals surface area contributed by atoms with Crippen molar-refractivity contribution in [3.8, 4) is 33.8 Å². The molecule has 9 rings (SSSR count). The third kappa shape index (κ3) is 3.57. The summed E-state index contributed by atoms with van der Waals surface area (Å²) < 4.78 is 0. The van der Waals surface area contributed by atoms with Crippen molar-refractivity contribution in [3.63, 3.8) is 0 Å². The normalized spacial score (nSPS) is 11.8. The van der Waals surface area contributed by atoms with Gasteiger partial charge in [0.05, 0.1) is 28.1 Å². The number of nitrogens with zero attached hydrogens (tertiary/aromatic N) is 3. The molecule has 3 heterocycles. The highest BCUT2D eigenvalue weighted by molar-refractivity contribution is 6.25. The summed E-state index contributed by atoms with van der Waals surface area (Å²) in [6.07, 6.45) is 1.80. The molecule has 0 fully saturated rings. The summed E-state index contributed by atoms with van der Waals surface area (Å²) in [5, 5.41) is 9.95. The predicted octanol–water partition coefficient (Wildman–Crippen LogP) is 10.1. The van der Waals surface area contributed by atoms with E-state index in [0.717, 1.165) is 50.0 Å². The van der Waals surface area contributed by atoms with Crippen LogP contribution in [0.15, 0.2) is 140 Å². The molecule has 3 nitrogen and oxygen atoms in total. The van der Waals surface area contributed by atoms with Gasteiger partial charge >= 0.3 is 0 Å². The number of hydrogen-bond acceptors (Lipinski definition) is 3. The van der Waals surface area contributed by atoms with Crippen molar-refractivity contribution in [1.82, 2.24) is 15.0 Å². The SMILES string of the molecule is c1ccc(-c2ccc3cc(-c4ccc5nc(-c6ccc7ccc8cccc9ccc6c7c89)ccc5c4)ccc3n2)nc1. The molecule has 0 atom stereocenters. The van der Waals surface area contributed by atoms with Gasteiger partial charge in [-0.1, -0.05) is 84.9 Å². The Bertz CT molecular complexity index is 2450. The maximum Gasteiger partial charge on any atom is 0.0893 e. The zero-order valence-electron chi connectivity index (χ0n) is 22.6. The van der Waals surface area contributed by atoms with Crippen LogP contribution in [0.25, 0.3) is 87.9 Å². The Kier molecular flexibility index (Phi) is 4.90. The van der Waals surface area contributed by atoms with Gasteiger partial charge < -0.3 is 0 Å². The highest BCUT2D eigenvalue weighted by atomic mass is 14.8. The molecular weight excluding hydrogens is 510 g/mol. The van der Waals surface area contributed by atoms with Crippen LogP contribution in [-0.4, -0.2) is 15.0 Å². The summed E-state index contributed by atoms with van der Waals surface area (Å²) in [5.74, 6) is 0. The Morgan fingerprint density at radius 2 is 1.00 bits per heavy atom. The zero-order valence-corrected chi connectivity index (χ0v) is 22.6. The van der Waals surface area contributed by atoms with E-state index in [1.165, 1.54) is 37.9 Å². The van der Waals surface area contributed by atoms with E-state index in [2.05, 4.69) is 114 Å². The van der Waals surface area contributed by atoms with Crippen LogP contribution in [0.3, 0.4) is 0 Å². The molecule has 3 heteroatoms. The maximum absolute atomic E-state index is 5.14. The van der Waals surface area contributed by atoms with Gasteiger partial charge in [-0.05, 0) is 92.0 Å². The molecule has 0 bridgehead atoms. The zero-order chi connectivity index (χ0) is 27.6. The Balaban J connectivity index is 1.11. The van der Waals surface area contributed by atoms with Gasteiger partial charge in [-0.3, -0.25) is 4.98 Å². The summed E-state index contributed by atoms with van der Waals surface area (Å²) in [6, 6.07) is 47.3. The van der Waals surface area contributed by atoms with Crippen molar-refractivity contribution in [2.24, 2.45) is 0 Å². The number of pyridine rings is 3. The van der Waals surface area contributed by atoms with Crippen LogP contribution in [0.4, 0.5) is 0 Å². The van der Waals surface area contributed by atoms with Gasteiger partial charge in [-0.2, -0.15) is 0 Å². The summed E-state index contributed by atoms with van der Waals surface area (Å²) in [6.45, 7) is 0. The number of hydrogen-bond donors (Lipinski definition) is 0. The first kappa shape index (κ1) is 23.1. The van der Waals surface area contributed by atoms with Crippen molar-refractivity contribution in [2.45, 2.75) is 0 Å². The van der Waals surface area contributed by atoms with Crippen LogP contribution >= 0.6 is 0 Å². The minimum Gasteiger partial charge on any atom is -0.255 e. The molecule has 0 saturated carbocycles. The van der Waals surface area contributed by atoms with Crippen LogP contribution in [0.5, 0.6) is 0 Å². The van der Waals surface area contributed by atoms with Crippen molar-refractivity contribution in [3.05, 3.63) is 140 Å². The van der Waals surface area contributed by atoms with Crippen LogP contribution in [0, 0.1) is 0 Å². The minimum atomic E-state index is 0.881. The van der Waals surface area contributed by atoms with Crippen LogP contribution < -0.4 is 0 Å². The third-order valence-corrected chi connectivity index (χ3v) is 8.44. The van der Waals surface area contributed by atoms with Crippen LogP contribution in [0.2, 0.25) is 0 Å². The number of benzene rings is 6. The lowest BCUT2D eigenvalue weighted by atomic mass is 9.91. The molecule has 0 aliphatic heterocycles. The van der Waals surface area contributed by atoms with E-state index in [0.29, 0.717) is 0 Å². The van der Waals surface area contributed by atoms with Gasteiger partial charge in [-0.15, -0.1) is 0 Å². The molecule has 0 aliphatic rings. The lowest BCUT2D eigenvalue weighted by Crippen LogP contribution is -1.90. The second-order valence-corrected chi connectivity index (χ2v) is 10.9. The Morgan fingerprint density at radius 1 is 0.381 bits per heavy atom. The predicted molar refractivity (Wildman–Crippen MR) is 175 cm³/mol. The van der Waals surface area contributed by atoms with Gasteiger partial charge in [0.15, 0.2) is 0 Å². The van der Waals surface area contributed by atoms with E-state index in [1.807, 2.05) is 24.3 Å². The van der Waals surface area contributed by atoms with Crippen LogP contribution in [0.1, 0.15) is 0 Å². The first-order valence-electron chi connectivity index (χ1n) is 14.2. The van der Waals surface area contributed by atoms with Gasteiger partial charge in [0.25, 0.3) is 0 Å². The van der Waals surface area contributed by atoms with E-state index >= 15 is 0 Å². The second-order valence-electron chi connectivity index (χ2n) is 10.9. The minimum absolute atomic E-state index is 0.881. The molecule has 6 aromatic carbocycles. The monoisotopic (exact) mass is 533 g/mol. The van der Waals surface area contributed by atoms with Crippen molar-refractivity contribution < 1.29 is 0 Å². The molecule has 0 N–H and O–H groups in total. The molecule has 0 radical (unpaired) electrons. The quantitative estimate of drug-likeness (QED) is 0.212. The van der Waals surface area contributed by atoms with Gasteiger partial charge in [0, 0.05) is 22.5 Å². The third-order valence-electron chi connectivity index (χ3n) is 8.44. The molecule has 194 valence electrons. The molecule has 0 aliphatic carbocycles. The lowest BCUT2D eigenvalue weighted by molar-refractivity contribution is 1.28. The first-order valence-corrected chi connectivity index (χ1v) is 14.2. The fraction of sp³-hybridized carbons (Fsp3) is 0.